The molecule has 0 aliphatic carbocycles. The monoisotopic (exact) mass is 300 g/mol. The van der Waals surface area contributed by atoms with Crippen molar-refractivity contribution in [3.63, 3.8) is 0 Å². The number of para-hydroxylation sites is 1. The lowest BCUT2D eigenvalue weighted by atomic mass is 9.99. The molecule has 1 aromatic carbocycles. The van der Waals surface area contributed by atoms with E-state index in [0.717, 1.165) is 41.8 Å². The van der Waals surface area contributed by atoms with Crippen molar-refractivity contribution in [3.8, 4) is 0 Å². The van der Waals surface area contributed by atoms with Gasteiger partial charge in [0.25, 0.3) is 0 Å². The maximum absolute atomic E-state index is 6.33. The summed E-state index contributed by atoms with van der Waals surface area (Å²) in [5, 5.41) is 5.14. The standard InChI is InChI=1S/C15H22Cl2N2/c1-3-11(2)14-10-19(9-5-8-18-14)15-12(16)6-4-7-13(15)17/h4,6-7,11,14,18H,3,5,8-10H2,1-2H3. The fourth-order valence-electron chi connectivity index (χ4n) is 2.61. The van der Waals surface area contributed by atoms with E-state index in [1.165, 1.54) is 6.42 Å². The SMILES string of the molecule is CCC(C)C1CN(c2c(Cl)cccc2Cl)CCCN1. The van der Waals surface area contributed by atoms with Crippen LogP contribution in [0.5, 0.6) is 0 Å². The number of halogens is 2. The highest BCUT2D eigenvalue weighted by Gasteiger charge is 2.24. The van der Waals surface area contributed by atoms with Crippen LogP contribution in [0.4, 0.5) is 5.69 Å². The molecule has 4 heteroatoms. The minimum Gasteiger partial charge on any atom is -0.368 e. The van der Waals surface area contributed by atoms with Gasteiger partial charge in [-0.2, -0.15) is 0 Å². The highest BCUT2D eigenvalue weighted by Crippen LogP contribution is 2.34. The molecule has 0 aromatic heterocycles. The molecule has 1 aliphatic rings. The Labute approximate surface area is 126 Å². The molecule has 19 heavy (non-hydrogen) atoms. The fourth-order valence-corrected chi connectivity index (χ4v) is 3.25. The molecule has 1 heterocycles. The van der Waals surface area contributed by atoms with E-state index < -0.39 is 0 Å². The number of anilines is 1. The summed E-state index contributed by atoms with van der Waals surface area (Å²) in [6.07, 6.45) is 2.30. The second-order valence-corrected chi connectivity index (χ2v) is 6.13. The van der Waals surface area contributed by atoms with Gasteiger partial charge in [0, 0.05) is 19.1 Å². The zero-order chi connectivity index (χ0) is 13.8. The molecule has 106 valence electrons. The number of hydrogen-bond donors (Lipinski definition) is 1. The van der Waals surface area contributed by atoms with Gasteiger partial charge in [0.2, 0.25) is 0 Å². The zero-order valence-corrected chi connectivity index (χ0v) is 13.1. The molecule has 0 spiro atoms. The second-order valence-electron chi connectivity index (χ2n) is 5.32. The number of nitrogens with zero attached hydrogens (tertiary/aromatic N) is 1. The largest absolute Gasteiger partial charge is 0.368 e. The third-order valence-corrected chi connectivity index (χ3v) is 4.62. The Morgan fingerprint density at radius 2 is 2.05 bits per heavy atom. The van der Waals surface area contributed by atoms with Gasteiger partial charge in [0.15, 0.2) is 0 Å². The quantitative estimate of drug-likeness (QED) is 0.899. The van der Waals surface area contributed by atoms with E-state index in [-0.39, 0.29) is 0 Å². The molecular weight excluding hydrogens is 279 g/mol. The molecule has 0 bridgehead atoms. The molecular formula is C15H22Cl2N2. The molecule has 1 N–H and O–H groups in total. The van der Waals surface area contributed by atoms with E-state index >= 15 is 0 Å². The van der Waals surface area contributed by atoms with E-state index in [1.807, 2.05) is 18.2 Å². The van der Waals surface area contributed by atoms with Crippen molar-refractivity contribution in [3.05, 3.63) is 28.2 Å². The van der Waals surface area contributed by atoms with Crippen LogP contribution in [0.2, 0.25) is 10.0 Å². The van der Waals surface area contributed by atoms with E-state index in [2.05, 4.69) is 24.1 Å². The van der Waals surface area contributed by atoms with Crippen molar-refractivity contribution in [2.75, 3.05) is 24.5 Å². The van der Waals surface area contributed by atoms with Crippen LogP contribution < -0.4 is 10.2 Å². The minimum atomic E-state index is 0.500. The van der Waals surface area contributed by atoms with E-state index in [9.17, 15) is 0 Å². The van der Waals surface area contributed by atoms with Crippen LogP contribution in [-0.4, -0.2) is 25.7 Å². The maximum Gasteiger partial charge on any atom is 0.0745 e. The lowest BCUT2D eigenvalue weighted by Gasteiger charge is -2.30. The van der Waals surface area contributed by atoms with Gasteiger partial charge in [-0.1, -0.05) is 49.5 Å². The van der Waals surface area contributed by atoms with Crippen molar-refractivity contribution in [1.29, 1.82) is 0 Å². The Balaban J connectivity index is 2.23. The highest BCUT2D eigenvalue weighted by atomic mass is 35.5. The van der Waals surface area contributed by atoms with Crippen LogP contribution in [0.15, 0.2) is 18.2 Å². The number of hydrogen-bond acceptors (Lipinski definition) is 2. The van der Waals surface area contributed by atoms with Crippen LogP contribution in [0.25, 0.3) is 0 Å². The predicted octanol–water partition coefficient (Wildman–Crippen LogP) is 4.21. The smallest absolute Gasteiger partial charge is 0.0745 e. The summed E-state index contributed by atoms with van der Waals surface area (Å²) in [6.45, 7) is 7.58. The molecule has 1 saturated heterocycles. The summed E-state index contributed by atoms with van der Waals surface area (Å²) < 4.78 is 0. The maximum atomic E-state index is 6.33. The first-order valence-electron chi connectivity index (χ1n) is 7.05. The van der Waals surface area contributed by atoms with Gasteiger partial charge in [0.1, 0.15) is 0 Å². The van der Waals surface area contributed by atoms with Crippen LogP contribution in [-0.2, 0) is 0 Å². The van der Waals surface area contributed by atoms with Crippen molar-refractivity contribution in [2.45, 2.75) is 32.7 Å². The van der Waals surface area contributed by atoms with Gasteiger partial charge in [0.05, 0.1) is 15.7 Å². The fraction of sp³-hybridized carbons (Fsp3) is 0.600. The molecule has 2 unspecified atom stereocenters. The van der Waals surface area contributed by atoms with E-state index in [4.69, 9.17) is 23.2 Å². The topological polar surface area (TPSA) is 15.3 Å². The van der Waals surface area contributed by atoms with Gasteiger partial charge in [-0.15, -0.1) is 0 Å². The molecule has 2 nitrogen and oxygen atoms in total. The third kappa shape index (κ3) is 3.56. The van der Waals surface area contributed by atoms with Crippen LogP contribution in [0, 0.1) is 5.92 Å². The van der Waals surface area contributed by atoms with E-state index in [0.29, 0.717) is 12.0 Å². The highest BCUT2D eigenvalue weighted by molar-refractivity contribution is 6.39. The summed E-state index contributed by atoms with van der Waals surface area (Å²) in [7, 11) is 0. The summed E-state index contributed by atoms with van der Waals surface area (Å²) >= 11 is 12.7. The second kappa shape index (κ2) is 6.83. The molecule has 0 radical (unpaired) electrons. The normalized spacial score (nSPS) is 22.1. The molecule has 1 aliphatic heterocycles. The Bertz CT molecular complexity index is 402. The Hall–Kier alpha value is -0.440. The lowest BCUT2D eigenvalue weighted by molar-refractivity contribution is 0.384. The summed E-state index contributed by atoms with van der Waals surface area (Å²) in [5.74, 6) is 0.655. The first kappa shape index (κ1) is 15.0. The van der Waals surface area contributed by atoms with Gasteiger partial charge in [-0.05, 0) is 31.0 Å². The van der Waals surface area contributed by atoms with Crippen molar-refractivity contribution < 1.29 is 0 Å². The van der Waals surface area contributed by atoms with Crippen molar-refractivity contribution >= 4 is 28.9 Å². The van der Waals surface area contributed by atoms with Crippen LogP contribution >= 0.6 is 23.2 Å². The Morgan fingerprint density at radius 3 is 2.68 bits per heavy atom. The predicted molar refractivity (Wildman–Crippen MR) is 84.5 cm³/mol. The van der Waals surface area contributed by atoms with Gasteiger partial charge in [-0.3, -0.25) is 0 Å². The molecule has 1 fully saturated rings. The van der Waals surface area contributed by atoms with E-state index in [1.54, 1.807) is 0 Å². The first-order valence-corrected chi connectivity index (χ1v) is 7.81. The van der Waals surface area contributed by atoms with Crippen molar-refractivity contribution in [2.24, 2.45) is 5.92 Å². The molecule has 2 atom stereocenters. The van der Waals surface area contributed by atoms with Crippen LogP contribution in [0.3, 0.4) is 0 Å². The van der Waals surface area contributed by atoms with Crippen molar-refractivity contribution in [1.82, 2.24) is 5.32 Å². The average Bonchev–Trinajstić information content (AvgIpc) is 2.64. The van der Waals surface area contributed by atoms with Gasteiger partial charge in [-0.25, -0.2) is 0 Å². The number of nitrogens with one attached hydrogen (secondary N) is 1. The molecule has 2 rings (SSSR count). The summed E-state index contributed by atoms with van der Waals surface area (Å²) in [6, 6.07) is 6.23. The number of benzene rings is 1. The summed E-state index contributed by atoms with van der Waals surface area (Å²) in [4.78, 5) is 2.33. The number of rotatable bonds is 3. The summed E-state index contributed by atoms with van der Waals surface area (Å²) in [5.41, 5.74) is 0.989. The molecule has 0 amide bonds. The lowest BCUT2D eigenvalue weighted by Crippen LogP contribution is -2.42. The minimum absolute atomic E-state index is 0.500. The third-order valence-electron chi connectivity index (χ3n) is 4.01. The van der Waals surface area contributed by atoms with Crippen LogP contribution in [0.1, 0.15) is 26.7 Å². The Morgan fingerprint density at radius 1 is 1.37 bits per heavy atom. The zero-order valence-electron chi connectivity index (χ0n) is 11.6. The first-order chi connectivity index (χ1) is 9.13. The average molecular weight is 301 g/mol. The molecule has 1 aromatic rings. The van der Waals surface area contributed by atoms with Gasteiger partial charge >= 0.3 is 0 Å². The van der Waals surface area contributed by atoms with Gasteiger partial charge < -0.3 is 10.2 Å². The Kier molecular flexibility index (Phi) is 5.37. The molecule has 0 saturated carbocycles.